The van der Waals surface area contributed by atoms with Crippen molar-refractivity contribution in [3.8, 4) is 6.07 Å². The number of anilines is 1. The van der Waals surface area contributed by atoms with Crippen molar-refractivity contribution < 1.29 is 14.3 Å². The fraction of sp³-hybridized carbons (Fsp3) is 0.261. The van der Waals surface area contributed by atoms with Gasteiger partial charge in [0.05, 0.1) is 11.9 Å². The predicted octanol–water partition coefficient (Wildman–Crippen LogP) is 4.29. The summed E-state index contributed by atoms with van der Waals surface area (Å²) in [6.45, 7) is 5.81. The minimum atomic E-state index is -0.709. The molecule has 5 nitrogen and oxygen atoms in total. The highest BCUT2D eigenvalue weighted by molar-refractivity contribution is 8.05. The van der Waals surface area contributed by atoms with Crippen molar-refractivity contribution in [2.45, 2.75) is 32.4 Å². The van der Waals surface area contributed by atoms with Gasteiger partial charge in [0.1, 0.15) is 11.1 Å². The summed E-state index contributed by atoms with van der Waals surface area (Å²) in [5.74, 6) is -0.854. The zero-order valence-corrected chi connectivity index (χ0v) is 17.5. The third kappa shape index (κ3) is 4.36. The maximum atomic E-state index is 13.3. The smallest absolute Gasteiger partial charge is 0.351 e. The van der Waals surface area contributed by atoms with Crippen LogP contribution >= 0.6 is 11.8 Å². The molecule has 1 heterocycles. The van der Waals surface area contributed by atoms with Gasteiger partial charge in [0, 0.05) is 5.69 Å². The summed E-state index contributed by atoms with van der Waals surface area (Å²) in [7, 11) is 0. The van der Waals surface area contributed by atoms with E-state index in [1.807, 2.05) is 68.4 Å². The first-order chi connectivity index (χ1) is 14.0. The van der Waals surface area contributed by atoms with Gasteiger partial charge in [-0.2, -0.15) is 5.26 Å². The minimum Gasteiger partial charge on any atom is -0.462 e. The fourth-order valence-corrected chi connectivity index (χ4v) is 4.43. The summed E-state index contributed by atoms with van der Waals surface area (Å²) in [6, 6.07) is 17.3. The number of carbonyl (C=O) groups excluding carboxylic acids is 2. The summed E-state index contributed by atoms with van der Waals surface area (Å²) < 4.78 is 5.05. The molecule has 0 aromatic heterocycles. The first-order valence-electron chi connectivity index (χ1n) is 9.39. The third-order valence-corrected chi connectivity index (χ3v) is 5.98. The molecule has 1 amide bonds. The summed E-state index contributed by atoms with van der Waals surface area (Å²) in [4.78, 5) is 27.2. The normalized spacial score (nSPS) is 17.8. The predicted molar refractivity (Wildman–Crippen MR) is 114 cm³/mol. The number of nitrogens with zero attached hydrogens (tertiary/aromatic N) is 2. The minimum absolute atomic E-state index is 0.141. The number of hydrogen-bond acceptors (Lipinski definition) is 5. The van der Waals surface area contributed by atoms with Gasteiger partial charge in [-0.3, -0.25) is 9.69 Å². The Balaban J connectivity index is 2.05. The fourth-order valence-electron chi connectivity index (χ4n) is 3.14. The monoisotopic (exact) mass is 406 g/mol. The average Bonchev–Trinajstić information content (AvgIpc) is 3.01. The van der Waals surface area contributed by atoms with Crippen LogP contribution in [0.4, 0.5) is 5.69 Å². The van der Waals surface area contributed by atoms with Crippen molar-refractivity contribution >= 4 is 29.3 Å². The van der Waals surface area contributed by atoms with Crippen LogP contribution < -0.4 is 4.90 Å². The molecule has 1 saturated heterocycles. The van der Waals surface area contributed by atoms with E-state index in [2.05, 4.69) is 0 Å². The molecule has 0 spiro atoms. The van der Waals surface area contributed by atoms with Crippen LogP contribution in [0.3, 0.4) is 0 Å². The SMILES string of the molecule is CCOC(=O)/C(C#N)=C1\SC(Cc2ccccc2C)C(=O)N1c1ccc(C)cc1. The number of esters is 1. The van der Waals surface area contributed by atoms with Gasteiger partial charge in [-0.05, 0) is 50.5 Å². The average molecular weight is 407 g/mol. The van der Waals surface area contributed by atoms with E-state index < -0.39 is 11.2 Å². The number of carbonyl (C=O) groups is 2. The van der Waals surface area contributed by atoms with Crippen LogP contribution in [0.5, 0.6) is 0 Å². The van der Waals surface area contributed by atoms with Crippen molar-refractivity contribution in [3.63, 3.8) is 0 Å². The molecular weight excluding hydrogens is 384 g/mol. The molecule has 0 radical (unpaired) electrons. The molecule has 0 bridgehead atoms. The van der Waals surface area contributed by atoms with Crippen LogP contribution in [0.15, 0.2) is 59.1 Å². The molecule has 148 valence electrons. The van der Waals surface area contributed by atoms with Gasteiger partial charge in [-0.1, -0.05) is 53.7 Å². The first-order valence-corrected chi connectivity index (χ1v) is 10.3. The van der Waals surface area contributed by atoms with Gasteiger partial charge in [0.2, 0.25) is 5.91 Å². The van der Waals surface area contributed by atoms with Gasteiger partial charge in [0.15, 0.2) is 5.57 Å². The van der Waals surface area contributed by atoms with Gasteiger partial charge >= 0.3 is 5.97 Å². The maximum absolute atomic E-state index is 13.3. The second-order valence-electron chi connectivity index (χ2n) is 6.76. The molecule has 6 heteroatoms. The van der Waals surface area contributed by atoms with E-state index in [4.69, 9.17) is 4.74 Å². The van der Waals surface area contributed by atoms with Gasteiger partial charge < -0.3 is 4.74 Å². The lowest BCUT2D eigenvalue weighted by molar-refractivity contribution is -0.138. The molecule has 0 saturated carbocycles. The summed E-state index contributed by atoms with van der Waals surface area (Å²) in [5, 5.41) is 9.54. The maximum Gasteiger partial charge on any atom is 0.351 e. The van der Waals surface area contributed by atoms with Crippen molar-refractivity contribution in [2.75, 3.05) is 11.5 Å². The largest absolute Gasteiger partial charge is 0.462 e. The van der Waals surface area contributed by atoms with Gasteiger partial charge in [-0.25, -0.2) is 4.79 Å². The van der Waals surface area contributed by atoms with Crippen molar-refractivity contribution in [1.29, 1.82) is 5.26 Å². The van der Waals surface area contributed by atoms with E-state index in [0.29, 0.717) is 17.1 Å². The van der Waals surface area contributed by atoms with Gasteiger partial charge in [0.25, 0.3) is 0 Å². The van der Waals surface area contributed by atoms with E-state index in [9.17, 15) is 14.9 Å². The van der Waals surface area contributed by atoms with Crippen LogP contribution in [0.25, 0.3) is 0 Å². The van der Waals surface area contributed by atoms with Crippen molar-refractivity contribution in [3.05, 3.63) is 75.8 Å². The van der Waals surface area contributed by atoms with Crippen LogP contribution in [0.2, 0.25) is 0 Å². The Morgan fingerprint density at radius 1 is 1.17 bits per heavy atom. The Morgan fingerprint density at radius 2 is 1.86 bits per heavy atom. The molecule has 1 unspecified atom stereocenters. The molecule has 0 N–H and O–H groups in total. The number of benzene rings is 2. The Bertz CT molecular complexity index is 1010. The number of nitriles is 1. The van der Waals surface area contributed by atoms with E-state index >= 15 is 0 Å². The number of ether oxygens (including phenoxy) is 1. The third-order valence-electron chi connectivity index (χ3n) is 4.72. The molecule has 3 rings (SSSR count). The number of amides is 1. The Kier molecular flexibility index (Phi) is 6.40. The van der Waals surface area contributed by atoms with Crippen LogP contribution in [0, 0.1) is 25.2 Å². The molecule has 1 atom stereocenters. The van der Waals surface area contributed by atoms with E-state index in [1.165, 1.54) is 16.7 Å². The Labute approximate surface area is 175 Å². The van der Waals surface area contributed by atoms with Crippen molar-refractivity contribution in [2.24, 2.45) is 0 Å². The lowest BCUT2D eigenvalue weighted by Gasteiger charge is -2.18. The second-order valence-corrected chi connectivity index (χ2v) is 7.95. The number of rotatable bonds is 5. The summed E-state index contributed by atoms with van der Waals surface area (Å²) in [5.41, 5.74) is 3.72. The van der Waals surface area contributed by atoms with Gasteiger partial charge in [-0.15, -0.1) is 0 Å². The van der Waals surface area contributed by atoms with Crippen LogP contribution in [-0.2, 0) is 20.7 Å². The molecule has 2 aromatic carbocycles. The summed E-state index contributed by atoms with van der Waals surface area (Å²) >= 11 is 1.25. The topological polar surface area (TPSA) is 70.4 Å². The molecule has 1 aliphatic heterocycles. The molecule has 0 aliphatic carbocycles. The standard InChI is InChI=1S/C23H22N2O3S/c1-4-28-23(27)19(14-24)22-25(18-11-9-15(2)10-12-18)21(26)20(29-22)13-17-8-6-5-7-16(17)3/h5-12,20H,4,13H2,1-3H3/b22-19-. The molecule has 2 aromatic rings. The highest BCUT2D eigenvalue weighted by atomic mass is 32.2. The first kappa shape index (κ1) is 20.7. The Morgan fingerprint density at radius 3 is 2.48 bits per heavy atom. The van der Waals surface area contributed by atoms with E-state index in [1.54, 1.807) is 6.92 Å². The van der Waals surface area contributed by atoms with E-state index in [0.717, 1.165) is 16.7 Å². The second kappa shape index (κ2) is 8.97. The Hall–Kier alpha value is -3.04. The van der Waals surface area contributed by atoms with E-state index in [-0.39, 0.29) is 18.1 Å². The highest BCUT2D eigenvalue weighted by Gasteiger charge is 2.41. The molecule has 1 fully saturated rings. The molecule has 1 aliphatic rings. The van der Waals surface area contributed by atoms with Crippen molar-refractivity contribution in [1.82, 2.24) is 0 Å². The highest BCUT2D eigenvalue weighted by Crippen LogP contribution is 2.42. The number of hydrogen-bond donors (Lipinski definition) is 0. The molecular formula is C23H22N2O3S. The quantitative estimate of drug-likeness (QED) is 0.421. The number of thioether (sulfide) groups is 1. The van der Waals surface area contributed by atoms with Crippen LogP contribution in [0.1, 0.15) is 23.6 Å². The molecule has 29 heavy (non-hydrogen) atoms. The van der Waals surface area contributed by atoms with Crippen LogP contribution in [-0.4, -0.2) is 23.7 Å². The number of aryl methyl sites for hydroxylation is 2. The lowest BCUT2D eigenvalue weighted by atomic mass is 10.0. The lowest BCUT2D eigenvalue weighted by Crippen LogP contribution is -2.30. The zero-order chi connectivity index (χ0) is 21.0. The zero-order valence-electron chi connectivity index (χ0n) is 16.6. The summed E-state index contributed by atoms with van der Waals surface area (Å²) in [6.07, 6.45) is 0.517.